The van der Waals surface area contributed by atoms with Gasteiger partial charge in [-0.2, -0.15) is 5.10 Å². The summed E-state index contributed by atoms with van der Waals surface area (Å²) in [6.07, 6.45) is 3.23. The standard InChI is InChI=1S/C15H18N6OS/c1-9-10(2)23-15-12(9)14(16-7-18-15)21-4-5-22-6-11(21)13-17-8-19-20(13)3/h7-8,11H,4-6H2,1-3H3. The summed E-state index contributed by atoms with van der Waals surface area (Å²) in [6.45, 7) is 6.31. The number of aromatic nitrogens is 5. The number of rotatable bonds is 2. The molecule has 1 aliphatic rings. The smallest absolute Gasteiger partial charge is 0.151 e. The molecule has 23 heavy (non-hydrogen) atoms. The number of hydrogen-bond acceptors (Lipinski definition) is 7. The highest BCUT2D eigenvalue weighted by Crippen LogP contribution is 2.37. The molecule has 1 aliphatic heterocycles. The van der Waals surface area contributed by atoms with Crippen molar-refractivity contribution in [1.29, 1.82) is 0 Å². The van der Waals surface area contributed by atoms with Gasteiger partial charge in [-0.1, -0.05) is 0 Å². The zero-order chi connectivity index (χ0) is 16.0. The third kappa shape index (κ3) is 2.29. The molecule has 1 saturated heterocycles. The third-order valence-electron chi connectivity index (χ3n) is 4.39. The molecule has 1 atom stereocenters. The van der Waals surface area contributed by atoms with E-state index in [-0.39, 0.29) is 6.04 Å². The molecule has 0 aromatic carbocycles. The summed E-state index contributed by atoms with van der Waals surface area (Å²) < 4.78 is 7.50. The summed E-state index contributed by atoms with van der Waals surface area (Å²) in [5.41, 5.74) is 1.25. The number of fused-ring (bicyclic) bond motifs is 1. The highest BCUT2D eigenvalue weighted by molar-refractivity contribution is 7.18. The van der Waals surface area contributed by atoms with Crippen molar-refractivity contribution in [3.05, 3.63) is 28.9 Å². The fraction of sp³-hybridized carbons (Fsp3) is 0.467. The van der Waals surface area contributed by atoms with Gasteiger partial charge in [0.25, 0.3) is 0 Å². The fourth-order valence-electron chi connectivity index (χ4n) is 3.06. The van der Waals surface area contributed by atoms with E-state index in [0.29, 0.717) is 13.2 Å². The summed E-state index contributed by atoms with van der Waals surface area (Å²) in [7, 11) is 1.91. The van der Waals surface area contributed by atoms with E-state index in [1.54, 1.807) is 28.7 Å². The first-order valence-electron chi connectivity index (χ1n) is 7.55. The molecule has 8 heteroatoms. The predicted octanol–water partition coefficient (Wildman–Crippen LogP) is 2.01. The molecule has 1 unspecified atom stereocenters. The summed E-state index contributed by atoms with van der Waals surface area (Å²) in [5, 5.41) is 5.34. The van der Waals surface area contributed by atoms with Gasteiger partial charge < -0.3 is 9.64 Å². The maximum absolute atomic E-state index is 5.70. The molecule has 7 nitrogen and oxygen atoms in total. The summed E-state index contributed by atoms with van der Waals surface area (Å²) in [5.74, 6) is 1.86. The van der Waals surface area contributed by atoms with E-state index >= 15 is 0 Å². The van der Waals surface area contributed by atoms with E-state index in [0.717, 1.165) is 28.4 Å². The summed E-state index contributed by atoms with van der Waals surface area (Å²) in [6, 6.07) is 0.00829. The first kappa shape index (κ1) is 14.5. The third-order valence-corrected chi connectivity index (χ3v) is 5.51. The lowest BCUT2D eigenvalue weighted by Crippen LogP contribution is -2.41. The molecule has 0 N–H and O–H groups in total. The van der Waals surface area contributed by atoms with Gasteiger partial charge in [0.15, 0.2) is 5.82 Å². The van der Waals surface area contributed by atoms with E-state index < -0.39 is 0 Å². The van der Waals surface area contributed by atoms with Crippen molar-refractivity contribution in [3.8, 4) is 0 Å². The van der Waals surface area contributed by atoms with E-state index in [2.05, 4.69) is 38.8 Å². The maximum atomic E-state index is 5.70. The van der Waals surface area contributed by atoms with Gasteiger partial charge in [-0.3, -0.25) is 4.68 Å². The zero-order valence-electron chi connectivity index (χ0n) is 13.4. The van der Waals surface area contributed by atoms with E-state index in [1.165, 1.54) is 10.4 Å². The molecule has 3 aromatic heterocycles. The van der Waals surface area contributed by atoms with Gasteiger partial charge in [-0.25, -0.2) is 15.0 Å². The first-order valence-corrected chi connectivity index (χ1v) is 8.37. The number of thiophene rings is 1. The highest BCUT2D eigenvalue weighted by atomic mass is 32.1. The molecule has 0 radical (unpaired) electrons. The lowest BCUT2D eigenvalue weighted by molar-refractivity contribution is 0.0904. The Bertz CT molecular complexity index is 857. The monoisotopic (exact) mass is 330 g/mol. The van der Waals surface area contributed by atoms with Crippen molar-refractivity contribution in [1.82, 2.24) is 24.7 Å². The van der Waals surface area contributed by atoms with Crippen LogP contribution in [0, 0.1) is 13.8 Å². The van der Waals surface area contributed by atoms with Crippen molar-refractivity contribution in [2.75, 3.05) is 24.7 Å². The topological polar surface area (TPSA) is 69.0 Å². The lowest BCUT2D eigenvalue weighted by Gasteiger charge is -2.36. The van der Waals surface area contributed by atoms with Crippen molar-refractivity contribution in [3.63, 3.8) is 0 Å². The van der Waals surface area contributed by atoms with E-state index in [9.17, 15) is 0 Å². The van der Waals surface area contributed by atoms with Crippen LogP contribution in [0.3, 0.4) is 0 Å². The number of anilines is 1. The van der Waals surface area contributed by atoms with Crippen molar-refractivity contribution < 1.29 is 4.74 Å². The van der Waals surface area contributed by atoms with Crippen LogP contribution in [0.1, 0.15) is 22.3 Å². The lowest BCUT2D eigenvalue weighted by atomic mass is 10.1. The Hall–Kier alpha value is -2.06. The number of hydrogen-bond donors (Lipinski definition) is 0. The minimum Gasteiger partial charge on any atom is -0.377 e. The van der Waals surface area contributed by atoms with Gasteiger partial charge in [0.05, 0.1) is 18.6 Å². The van der Waals surface area contributed by atoms with Gasteiger partial charge in [0.1, 0.15) is 29.3 Å². The Kier molecular flexibility index (Phi) is 3.50. The molecule has 120 valence electrons. The van der Waals surface area contributed by atoms with Crippen molar-refractivity contribution in [2.24, 2.45) is 7.05 Å². The second kappa shape index (κ2) is 5.54. The molecule has 0 saturated carbocycles. The summed E-state index contributed by atoms with van der Waals surface area (Å²) >= 11 is 1.72. The van der Waals surface area contributed by atoms with Crippen LogP contribution in [0.5, 0.6) is 0 Å². The van der Waals surface area contributed by atoms with E-state index in [4.69, 9.17) is 4.74 Å². The largest absolute Gasteiger partial charge is 0.377 e. The highest BCUT2D eigenvalue weighted by Gasteiger charge is 2.31. The average molecular weight is 330 g/mol. The molecule has 0 bridgehead atoms. The van der Waals surface area contributed by atoms with Crippen molar-refractivity contribution >= 4 is 27.4 Å². The van der Waals surface area contributed by atoms with Crippen molar-refractivity contribution in [2.45, 2.75) is 19.9 Å². The zero-order valence-corrected chi connectivity index (χ0v) is 14.2. The molecule has 0 amide bonds. The molecule has 3 aromatic rings. The number of nitrogens with zero attached hydrogens (tertiary/aromatic N) is 6. The Labute approximate surface area is 137 Å². The Balaban J connectivity index is 1.86. The van der Waals surface area contributed by atoms with Gasteiger partial charge in [0, 0.05) is 18.5 Å². The Morgan fingerprint density at radius 1 is 1.22 bits per heavy atom. The van der Waals surface area contributed by atoms with Crippen LogP contribution in [-0.4, -0.2) is 44.5 Å². The Morgan fingerprint density at radius 2 is 2.09 bits per heavy atom. The molecular formula is C15H18N6OS. The van der Waals surface area contributed by atoms with Crippen LogP contribution in [0.15, 0.2) is 12.7 Å². The number of morpholine rings is 1. The number of ether oxygens (including phenoxy) is 1. The number of aryl methyl sites for hydroxylation is 3. The van der Waals surface area contributed by atoms with Gasteiger partial charge in [0.2, 0.25) is 0 Å². The molecule has 0 aliphatic carbocycles. The Morgan fingerprint density at radius 3 is 2.87 bits per heavy atom. The molecule has 1 fully saturated rings. The van der Waals surface area contributed by atoms with Crippen LogP contribution in [0.4, 0.5) is 5.82 Å². The SMILES string of the molecule is Cc1sc2ncnc(N3CCOCC3c3ncnn3C)c2c1C. The van der Waals surface area contributed by atoms with Crippen LogP contribution in [0.2, 0.25) is 0 Å². The second-order valence-corrected chi connectivity index (χ2v) is 6.89. The van der Waals surface area contributed by atoms with Crippen LogP contribution < -0.4 is 4.90 Å². The van der Waals surface area contributed by atoms with Gasteiger partial charge >= 0.3 is 0 Å². The van der Waals surface area contributed by atoms with Crippen LogP contribution in [-0.2, 0) is 11.8 Å². The molecule has 4 heterocycles. The normalized spacial score (nSPS) is 18.7. The maximum Gasteiger partial charge on any atom is 0.151 e. The van der Waals surface area contributed by atoms with Crippen LogP contribution >= 0.6 is 11.3 Å². The van der Waals surface area contributed by atoms with Gasteiger partial charge in [-0.05, 0) is 19.4 Å². The minimum absolute atomic E-state index is 0.00829. The summed E-state index contributed by atoms with van der Waals surface area (Å²) in [4.78, 5) is 18.0. The fourth-order valence-corrected chi connectivity index (χ4v) is 4.05. The molecule has 4 rings (SSSR count). The predicted molar refractivity (Wildman–Crippen MR) is 88.8 cm³/mol. The first-order chi connectivity index (χ1) is 11.2. The second-order valence-electron chi connectivity index (χ2n) is 5.69. The molecular weight excluding hydrogens is 312 g/mol. The van der Waals surface area contributed by atoms with E-state index in [1.807, 2.05) is 7.05 Å². The quantitative estimate of drug-likeness (QED) is 0.716. The minimum atomic E-state index is 0.00829. The molecule has 0 spiro atoms. The van der Waals surface area contributed by atoms with Crippen LogP contribution in [0.25, 0.3) is 10.2 Å². The average Bonchev–Trinajstić information content (AvgIpc) is 3.11. The van der Waals surface area contributed by atoms with Gasteiger partial charge in [-0.15, -0.1) is 11.3 Å².